The van der Waals surface area contributed by atoms with Gasteiger partial charge in [-0.1, -0.05) is 24.8 Å². The van der Waals surface area contributed by atoms with E-state index in [0.29, 0.717) is 40.1 Å². The van der Waals surface area contributed by atoms with E-state index in [4.69, 9.17) is 9.72 Å². The largest absolute Gasteiger partial charge is 0.494 e. The minimum absolute atomic E-state index is 0.316. The minimum Gasteiger partial charge on any atom is -0.494 e. The van der Waals surface area contributed by atoms with Crippen molar-refractivity contribution in [3.8, 4) is 22.7 Å². The molecule has 5 aromatic rings. The number of fused-ring (bicyclic) bond motifs is 1. The number of aromatic nitrogens is 7. The first kappa shape index (κ1) is 23.5. The van der Waals surface area contributed by atoms with E-state index in [9.17, 15) is 4.79 Å². The topological polar surface area (TPSA) is 137 Å². The molecule has 0 aliphatic heterocycles. The van der Waals surface area contributed by atoms with Gasteiger partial charge in [0.25, 0.3) is 0 Å². The van der Waals surface area contributed by atoms with Gasteiger partial charge in [0.15, 0.2) is 0 Å². The van der Waals surface area contributed by atoms with Gasteiger partial charge in [0.1, 0.15) is 23.5 Å². The Kier molecular flexibility index (Phi) is 6.20. The summed E-state index contributed by atoms with van der Waals surface area (Å²) in [4.78, 5) is 21.3. The van der Waals surface area contributed by atoms with Crippen molar-refractivity contribution in [2.45, 2.75) is 0 Å². The van der Waals surface area contributed by atoms with Gasteiger partial charge in [-0.3, -0.25) is 4.79 Å². The second kappa shape index (κ2) is 9.77. The van der Waals surface area contributed by atoms with Crippen LogP contribution in [0.25, 0.3) is 27.8 Å². The zero-order valence-electron chi connectivity index (χ0n) is 20.4. The fourth-order valence-corrected chi connectivity index (χ4v) is 4.06. The normalized spacial score (nSPS) is 10.8. The molecule has 186 valence electrons. The first-order valence-electron chi connectivity index (χ1n) is 11.3. The number of hydrogen-bond acceptors (Lipinski definition) is 9. The smallest absolute Gasteiger partial charge is 0.247 e. The zero-order valence-corrected chi connectivity index (χ0v) is 20.4. The van der Waals surface area contributed by atoms with Gasteiger partial charge in [0.2, 0.25) is 11.9 Å². The van der Waals surface area contributed by atoms with Gasteiger partial charge < -0.3 is 25.3 Å². The van der Waals surface area contributed by atoms with Gasteiger partial charge in [-0.25, -0.2) is 9.97 Å². The number of aryl methyl sites for hydroxylation is 1. The van der Waals surface area contributed by atoms with Crippen LogP contribution in [0.15, 0.2) is 67.8 Å². The summed E-state index contributed by atoms with van der Waals surface area (Å²) in [6.45, 7) is 3.52. The summed E-state index contributed by atoms with van der Waals surface area (Å²) in [7, 11) is 5.30. The van der Waals surface area contributed by atoms with Gasteiger partial charge in [-0.05, 0) is 28.6 Å². The molecule has 0 atom stereocenters. The van der Waals surface area contributed by atoms with E-state index in [2.05, 4.69) is 43.0 Å². The van der Waals surface area contributed by atoms with Crippen molar-refractivity contribution in [2.75, 3.05) is 30.1 Å². The molecular weight excluding hydrogens is 472 g/mol. The van der Waals surface area contributed by atoms with E-state index < -0.39 is 0 Å². The number of benzene rings is 2. The van der Waals surface area contributed by atoms with Gasteiger partial charge in [0.05, 0.1) is 30.4 Å². The second-order valence-corrected chi connectivity index (χ2v) is 8.02. The highest BCUT2D eigenvalue weighted by molar-refractivity contribution is 6.02. The molecule has 0 saturated heterocycles. The molecule has 37 heavy (non-hydrogen) atoms. The fraction of sp³-hybridized carbons (Fsp3) is 0.120. The highest BCUT2D eigenvalue weighted by Gasteiger charge is 2.19. The summed E-state index contributed by atoms with van der Waals surface area (Å²) in [5.41, 5.74) is 4.96. The SMILES string of the molecule is C=CC(=O)Nc1cc(Nc2ncc(-n3cnnn3)c(-c3cn(C)c4ccccc34)n2)c(OC)cc1NC. The van der Waals surface area contributed by atoms with Crippen LogP contribution < -0.4 is 20.7 Å². The molecule has 0 spiro atoms. The van der Waals surface area contributed by atoms with Crippen molar-refractivity contribution >= 4 is 39.8 Å². The van der Waals surface area contributed by atoms with Gasteiger partial charge >= 0.3 is 0 Å². The number of nitrogens with one attached hydrogen (secondary N) is 3. The molecule has 0 bridgehead atoms. The number of nitrogens with zero attached hydrogens (tertiary/aromatic N) is 7. The summed E-state index contributed by atoms with van der Waals surface area (Å²) in [5, 5.41) is 21.7. The highest BCUT2D eigenvalue weighted by atomic mass is 16.5. The second-order valence-electron chi connectivity index (χ2n) is 8.02. The predicted molar refractivity (Wildman–Crippen MR) is 141 cm³/mol. The van der Waals surface area contributed by atoms with E-state index in [0.717, 1.165) is 16.5 Å². The standard InChI is InChI=1S/C25H24N10O2/c1-5-23(36)29-18-10-19(22(37-4)11-17(18)26-2)30-25-27-12-21(35-14-28-32-33-35)24(31-25)16-13-34(3)20-9-7-6-8-15(16)20/h5-14,26H,1H2,2-4H3,(H,29,36)(H,27,30,31). The highest BCUT2D eigenvalue weighted by Crippen LogP contribution is 2.37. The molecule has 1 amide bonds. The maximum Gasteiger partial charge on any atom is 0.247 e. The summed E-state index contributed by atoms with van der Waals surface area (Å²) in [5.74, 6) is 0.505. The lowest BCUT2D eigenvalue weighted by Crippen LogP contribution is -2.10. The third kappa shape index (κ3) is 4.43. The molecule has 0 unspecified atom stereocenters. The molecule has 3 aromatic heterocycles. The van der Waals surface area contributed by atoms with Gasteiger partial charge in [-0.2, -0.15) is 4.68 Å². The molecule has 3 heterocycles. The molecule has 12 nitrogen and oxygen atoms in total. The van der Waals surface area contributed by atoms with Gasteiger partial charge in [-0.15, -0.1) is 5.10 Å². The molecule has 5 rings (SSSR count). The van der Waals surface area contributed by atoms with Crippen molar-refractivity contribution in [3.63, 3.8) is 0 Å². The number of hydrogen-bond donors (Lipinski definition) is 3. The lowest BCUT2D eigenvalue weighted by molar-refractivity contribution is -0.111. The Hall–Kier alpha value is -5.26. The summed E-state index contributed by atoms with van der Waals surface area (Å²) in [6.07, 6.45) is 6.36. The molecule has 0 aliphatic rings. The Morgan fingerprint density at radius 1 is 1.16 bits per heavy atom. The number of tetrazole rings is 1. The Morgan fingerprint density at radius 3 is 2.73 bits per heavy atom. The van der Waals surface area contributed by atoms with Crippen LogP contribution >= 0.6 is 0 Å². The van der Waals surface area contributed by atoms with Crippen LogP contribution in [0.5, 0.6) is 5.75 Å². The average Bonchev–Trinajstić information content (AvgIpc) is 3.57. The van der Waals surface area contributed by atoms with Crippen molar-refractivity contribution in [3.05, 3.63) is 67.8 Å². The zero-order chi connectivity index (χ0) is 25.9. The summed E-state index contributed by atoms with van der Waals surface area (Å²) in [6, 6.07) is 11.6. The number of anilines is 4. The third-order valence-corrected chi connectivity index (χ3v) is 5.82. The number of para-hydroxylation sites is 1. The van der Waals surface area contributed by atoms with Crippen molar-refractivity contribution in [1.29, 1.82) is 0 Å². The van der Waals surface area contributed by atoms with E-state index in [1.807, 2.05) is 42.1 Å². The van der Waals surface area contributed by atoms with Crippen LogP contribution in [0.3, 0.4) is 0 Å². The Morgan fingerprint density at radius 2 is 2.00 bits per heavy atom. The van der Waals surface area contributed by atoms with Crippen LogP contribution in [0, 0.1) is 0 Å². The van der Waals surface area contributed by atoms with E-state index in [1.165, 1.54) is 17.1 Å². The van der Waals surface area contributed by atoms with Crippen LogP contribution in [-0.2, 0) is 11.8 Å². The molecule has 0 fully saturated rings. The molecule has 3 N–H and O–H groups in total. The number of ether oxygens (including phenoxy) is 1. The summed E-state index contributed by atoms with van der Waals surface area (Å²) >= 11 is 0. The van der Waals surface area contributed by atoms with E-state index in [1.54, 1.807) is 32.5 Å². The molecule has 0 aliphatic carbocycles. The average molecular weight is 497 g/mol. The molecular formula is C25H24N10O2. The Balaban J connectivity index is 1.63. The van der Waals surface area contributed by atoms with Crippen LogP contribution in [-0.4, -0.2) is 54.8 Å². The molecule has 12 heteroatoms. The first-order chi connectivity index (χ1) is 18.0. The van der Waals surface area contributed by atoms with Crippen LogP contribution in [0.2, 0.25) is 0 Å². The number of carbonyl (C=O) groups excluding carboxylic acids is 1. The lowest BCUT2D eigenvalue weighted by Gasteiger charge is -2.17. The fourth-order valence-electron chi connectivity index (χ4n) is 4.06. The van der Waals surface area contributed by atoms with Crippen LogP contribution in [0.1, 0.15) is 0 Å². The maximum absolute atomic E-state index is 12.0. The summed E-state index contributed by atoms with van der Waals surface area (Å²) < 4.78 is 9.14. The van der Waals surface area contributed by atoms with E-state index in [-0.39, 0.29) is 5.91 Å². The minimum atomic E-state index is -0.340. The van der Waals surface area contributed by atoms with Crippen molar-refractivity contribution in [2.24, 2.45) is 7.05 Å². The molecule has 0 radical (unpaired) electrons. The first-order valence-corrected chi connectivity index (χ1v) is 11.3. The van der Waals surface area contributed by atoms with E-state index >= 15 is 0 Å². The molecule has 0 saturated carbocycles. The lowest BCUT2D eigenvalue weighted by atomic mass is 10.1. The van der Waals surface area contributed by atoms with Gasteiger partial charge in [0, 0.05) is 42.8 Å². The number of rotatable bonds is 8. The molecule has 2 aromatic carbocycles. The number of amides is 1. The quantitative estimate of drug-likeness (QED) is 0.276. The monoisotopic (exact) mass is 496 g/mol. The number of carbonyl (C=O) groups is 1. The van der Waals surface area contributed by atoms with Crippen molar-refractivity contribution in [1.82, 2.24) is 34.7 Å². The maximum atomic E-state index is 12.0. The Labute approximate surface area is 212 Å². The van der Waals surface area contributed by atoms with Crippen molar-refractivity contribution < 1.29 is 9.53 Å². The predicted octanol–water partition coefficient (Wildman–Crippen LogP) is 3.53. The number of methoxy groups -OCH3 is 1. The third-order valence-electron chi connectivity index (χ3n) is 5.82. The Bertz CT molecular complexity index is 1610. The van der Waals surface area contributed by atoms with Crippen LogP contribution in [0.4, 0.5) is 23.0 Å².